The molecule has 11 heteroatoms. The van der Waals surface area contributed by atoms with Gasteiger partial charge in [-0.3, -0.25) is 4.90 Å². The number of nitrogens with zero attached hydrogens (tertiary/aromatic N) is 4. The number of hydrogen-bond donors (Lipinski definition) is 0. The summed E-state index contributed by atoms with van der Waals surface area (Å²) in [5.41, 5.74) is 1.81. The molecule has 6 rings (SSSR count). The summed E-state index contributed by atoms with van der Waals surface area (Å²) in [6.07, 6.45) is 2.80. The normalized spacial score (nSPS) is 18.1. The van der Waals surface area contributed by atoms with Gasteiger partial charge in [0.2, 0.25) is 5.88 Å². The van der Waals surface area contributed by atoms with E-state index in [0.29, 0.717) is 39.7 Å². The Morgan fingerprint density at radius 2 is 1.85 bits per heavy atom. The van der Waals surface area contributed by atoms with Crippen molar-refractivity contribution in [2.45, 2.75) is 51.2 Å². The van der Waals surface area contributed by atoms with Crippen LogP contribution in [0.3, 0.4) is 0 Å². The molecule has 2 aliphatic rings. The van der Waals surface area contributed by atoms with Crippen molar-refractivity contribution in [1.82, 2.24) is 19.4 Å². The minimum atomic E-state index is -0.517. The number of hydrogen-bond acceptors (Lipinski definition) is 6. The number of fused-ring (bicyclic) bond motifs is 1. The zero-order chi connectivity index (χ0) is 27.6. The number of ether oxygens (including phenoxy) is 3. The number of likely N-dealkylation sites (tertiary alicyclic amines) is 1. The van der Waals surface area contributed by atoms with E-state index < -0.39 is 5.82 Å². The minimum absolute atomic E-state index is 0.0178. The zero-order valence-corrected chi connectivity index (χ0v) is 24.0. The Hall–Kier alpha value is -2.79. The van der Waals surface area contributed by atoms with Crippen molar-refractivity contribution >= 4 is 38.6 Å². The van der Waals surface area contributed by atoms with Crippen molar-refractivity contribution in [3.63, 3.8) is 0 Å². The monoisotopic (exact) mass is 632 g/mol. The minimum Gasteiger partial charge on any atom is -0.484 e. The first-order valence-corrected chi connectivity index (χ1v) is 14.5. The average molecular weight is 634 g/mol. The van der Waals surface area contributed by atoms with E-state index in [0.717, 1.165) is 50.3 Å². The van der Waals surface area contributed by atoms with Gasteiger partial charge in [-0.15, -0.1) is 0 Å². The van der Waals surface area contributed by atoms with Gasteiger partial charge in [0.1, 0.15) is 24.1 Å². The van der Waals surface area contributed by atoms with Gasteiger partial charge >= 0.3 is 0 Å². The molecule has 40 heavy (non-hydrogen) atoms. The molecule has 2 aliphatic heterocycles. The van der Waals surface area contributed by atoms with Gasteiger partial charge in [-0.1, -0.05) is 33.6 Å². The maximum absolute atomic E-state index is 14.7. The van der Waals surface area contributed by atoms with E-state index in [4.69, 9.17) is 30.8 Å². The van der Waals surface area contributed by atoms with Crippen molar-refractivity contribution < 1.29 is 23.0 Å². The highest BCUT2D eigenvalue weighted by Gasteiger charge is 2.26. The van der Waals surface area contributed by atoms with Crippen LogP contribution in [0.15, 0.2) is 53.0 Å². The van der Waals surface area contributed by atoms with Crippen LogP contribution in [0.25, 0.3) is 11.0 Å². The lowest BCUT2D eigenvalue weighted by atomic mass is 10.1. The predicted molar refractivity (Wildman–Crippen MR) is 151 cm³/mol. The molecule has 0 saturated carbocycles. The van der Waals surface area contributed by atoms with Gasteiger partial charge in [0.25, 0.3) is 0 Å². The smallest absolute Gasteiger partial charge is 0.213 e. The van der Waals surface area contributed by atoms with E-state index >= 15 is 0 Å². The standard InChI is InChI=1S/C29H28BrClF2N4O3/c30-18-12-24(33)29-25(13-18)37(15-22-8-11-38-22)27(35-29)16-36-9-6-21(7-10-36)40-28-3-1-2-20(34-28)17-39-26-5-4-19(31)14-23(26)32/h1-5,12-14,21-22H,6-11,15-17H2. The third-order valence-corrected chi connectivity index (χ3v) is 7.96. The summed E-state index contributed by atoms with van der Waals surface area (Å²) in [7, 11) is 0. The van der Waals surface area contributed by atoms with Gasteiger partial charge in [-0.2, -0.15) is 0 Å². The maximum Gasteiger partial charge on any atom is 0.213 e. The maximum atomic E-state index is 14.7. The molecule has 7 nitrogen and oxygen atoms in total. The Labute approximate surface area is 244 Å². The van der Waals surface area contributed by atoms with Crippen LogP contribution in [0.5, 0.6) is 11.6 Å². The molecule has 2 fully saturated rings. The average Bonchev–Trinajstić information content (AvgIpc) is 3.24. The second kappa shape index (κ2) is 12.0. The first kappa shape index (κ1) is 27.4. The van der Waals surface area contributed by atoms with Crippen molar-refractivity contribution in [3.05, 3.63) is 81.2 Å². The molecule has 0 spiro atoms. The van der Waals surface area contributed by atoms with Crippen LogP contribution in [0.4, 0.5) is 8.78 Å². The summed E-state index contributed by atoms with van der Waals surface area (Å²) in [4.78, 5) is 11.5. The van der Waals surface area contributed by atoms with Crippen LogP contribution in [0.1, 0.15) is 30.8 Å². The van der Waals surface area contributed by atoms with Gasteiger partial charge in [0.15, 0.2) is 17.4 Å². The van der Waals surface area contributed by atoms with Gasteiger partial charge in [-0.25, -0.2) is 18.7 Å². The third-order valence-electron chi connectivity index (χ3n) is 7.27. The van der Waals surface area contributed by atoms with E-state index in [1.54, 1.807) is 6.07 Å². The largest absolute Gasteiger partial charge is 0.484 e. The molecule has 4 aromatic rings. The fraction of sp³-hybridized carbons (Fsp3) is 0.379. The summed E-state index contributed by atoms with van der Waals surface area (Å²) in [5.74, 6) is 0.628. The Kier molecular flexibility index (Phi) is 8.20. The van der Waals surface area contributed by atoms with Crippen LogP contribution in [0, 0.1) is 11.6 Å². The first-order valence-electron chi connectivity index (χ1n) is 13.3. The summed E-state index contributed by atoms with van der Waals surface area (Å²) in [6, 6.07) is 13.1. The van der Waals surface area contributed by atoms with E-state index in [1.165, 1.54) is 18.2 Å². The number of imidazole rings is 1. The Balaban J connectivity index is 1.06. The number of aromatic nitrogens is 3. The topological polar surface area (TPSA) is 61.6 Å². The van der Waals surface area contributed by atoms with E-state index in [2.05, 4.69) is 30.4 Å². The number of piperidine rings is 1. The molecule has 4 heterocycles. The molecule has 0 aliphatic carbocycles. The number of pyridine rings is 1. The number of benzene rings is 2. The van der Waals surface area contributed by atoms with Crippen LogP contribution in [0.2, 0.25) is 5.02 Å². The Morgan fingerprint density at radius 1 is 1.02 bits per heavy atom. The van der Waals surface area contributed by atoms with E-state index in [-0.39, 0.29) is 30.4 Å². The Morgan fingerprint density at radius 3 is 2.60 bits per heavy atom. The number of rotatable bonds is 9. The molecule has 2 aromatic carbocycles. The predicted octanol–water partition coefficient (Wildman–Crippen LogP) is 6.54. The van der Waals surface area contributed by atoms with E-state index in [9.17, 15) is 8.78 Å². The molecular weight excluding hydrogens is 606 g/mol. The summed E-state index contributed by atoms with van der Waals surface area (Å²) in [6.45, 7) is 3.80. The molecule has 0 bridgehead atoms. The van der Waals surface area contributed by atoms with Crippen LogP contribution in [-0.4, -0.2) is 51.3 Å². The molecule has 0 amide bonds. The molecule has 1 unspecified atom stereocenters. The van der Waals surface area contributed by atoms with Crippen molar-refractivity contribution in [2.75, 3.05) is 19.7 Å². The molecule has 2 saturated heterocycles. The summed E-state index contributed by atoms with van der Waals surface area (Å²) < 4.78 is 48.9. The Bertz CT molecular complexity index is 1510. The highest BCUT2D eigenvalue weighted by Crippen LogP contribution is 2.28. The SMILES string of the molecule is Fc1cc(Cl)ccc1OCc1cccc(OC2CCN(Cc3nc4c(F)cc(Br)cc4n3CC3CCO3)CC2)n1. The third kappa shape index (κ3) is 6.25. The lowest BCUT2D eigenvalue weighted by Gasteiger charge is -2.32. The summed E-state index contributed by atoms with van der Waals surface area (Å²) >= 11 is 9.22. The lowest BCUT2D eigenvalue weighted by Crippen LogP contribution is -2.39. The zero-order valence-electron chi connectivity index (χ0n) is 21.7. The highest BCUT2D eigenvalue weighted by atomic mass is 79.9. The van der Waals surface area contributed by atoms with Crippen LogP contribution < -0.4 is 9.47 Å². The van der Waals surface area contributed by atoms with Gasteiger partial charge in [-0.05, 0) is 55.7 Å². The fourth-order valence-corrected chi connectivity index (χ4v) is 5.63. The van der Waals surface area contributed by atoms with Crippen LogP contribution >= 0.6 is 27.5 Å². The molecule has 0 N–H and O–H groups in total. The van der Waals surface area contributed by atoms with Crippen molar-refractivity contribution in [1.29, 1.82) is 0 Å². The molecular formula is C29H28BrClF2N4O3. The second-order valence-corrected chi connectivity index (χ2v) is 11.5. The lowest BCUT2D eigenvalue weighted by molar-refractivity contribution is -0.0592. The quantitative estimate of drug-likeness (QED) is 0.209. The molecule has 0 radical (unpaired) electrons. The van der Waals surface area contributed by atoms with Gasteiger partial charge in [0.05, 0.1) is 30.4 Å². The number of halogens is 4. The van der Waals surface area contributed by atoms with Gasteiger partial charge in [0, 0.05) is 35.3 Å². The second-order valence-electron chi connectivity index (χ2n) is 10.1. The molecule has 210 valence electrons. The van der Waals surface area contributed by atoms with Gasteiger partial charge < -0.3 is 18.8 Å². The summed E-state index contributed by atoms with van der Waals surface area (Å²) in [5, 5.41) is 0.313. The highest BCUT2D eigenvalue weighted by molar-refractivity contribution is 9.10. The van der Waals surface area contributed by atoms with Crippen LogP contribution in [-0.2, 0) is 24.4 Å². The molecule has 2 aromatic heterocycles. The van der Waals surface area contributed by atoms with E-state index in [1.807, 2.05) is 24.3 Å². The first-order chi connectivity index (χ1) is 19.4. The van der Waals surface area contributed by atoms with Crippen molar-refractivity contribution in [2.24, 2.45) is 0 Å². The molecule has 1 atom stereocenters. The van der Waals surface area contributed by atoms with Crippen molar-refractivity contribution in [3.8, 4) is 11.6 Å². The fourth-order valence-electron chi connectivity index (χ4n) is 5.06.